The third kappa shape index (κ3) is 11.4. The highest BCUT2D eigenvalue weighted by Gasteiger charge is 2.15. The molecule has 0 saturated carbocycles. The van der Waals surface area contributed by atoms with E-state index in [-0.39, 0.29) is 5.78 Å². The molecule has 2 atom stereocenters. The molecule has 0 aliphatic heterocycles. The lowest BCUT2D eigenvalue weighted by atomic mass is 9.99. The van der Waals surface area contributed by atoms with Crippen LogP contribution in [0, 0.1) is 0 Å². The van der Waals surface area contributed by atoms with Gasteiger partial charge < -0.3 is 16.6 Å². The topological polar surface area (TPSA) is 106 Å². The van der Waals surface area contributed by atoms with E-state index in [2.05, 4.69) is 6.92 Å². The predicted octanol–water partition coefficient (Wildman–Crippen LogP) is 2.61. The molecular weight excluding hydrogens is 268 g/mol. The molecule has 0 aliphatic carbocycles. The summed E-state index contributed by atoms with van der Waals surface area (Å²) >= 11 is 0. The molecule has 0 aromatic rings. The van der Waals surface area contributed by atoms with Crippen LogP contribution in [0.1, 0.15) is 77.6 Å². The van der Waals surface area contributed by atoms with E-state index in [4.69, 9.17) is 16.6 Å². The van der Waals surface area contributed by atoms with E-state index in [9.17, 15) is 9.59 Å². The Morgan fingerprint density at radius 1 is 0.857 bits per heavy atom. The molecule has 0 spiro atoms. The fraction of sp³-hybridized carbons (Fsp3) is 0.875. The summed E-state index contributed by atoms with van der Waals surface area (Å²) in [7, 11) is 0. The van der Waals surface area contributed by atoms with Crippen LogP contribution in [0.5, 0.6) is 0 Å². The van der Waals surface area contributed by atoms with Gasteiger partial charge in [-0.1, -0.05) is 45.4 Å². The van der Waals surface area contributed by atoms with Crippen molar-refractivity contribution < 1.29 is 14.7 Å². The molecule has 0 rings (SSSR count). The molecule has 0 heterocycles. The van der Waals surface area contributed by atoms with Gasteiger partial charge in [0.15, 0.2) is 0 Å². The molecule has 5 N–H and O–H groups in total. The minimum atomic E-state index is -1.00. The number of carbonyl (C=O) groups excluding carboxylic acids is 1. The molecule has 0 radical (unpaired) electrons. The smallest absolute Gasteiger partial charge is 0.320 e. The number of carboxylic acid groups (broad SMARTS) is 1. The van der Waals surface area contributed by atoms with Gasteiger partial charge in [-0.15, -0.1) is 0 Å². The zero-order valence-corrected chi connectivity index (χ0v) is 13.4. The lowest BCUT2D eigenvalue weighted by Crippen LogP contribution is -2.33. The molecule has 21 heavy (non-hydrogen) atoms. The number of carboxylic acids is 1. The van der Waals surface area contributed by atoms with Crippen LogP contribution in [0.3, 0.4) is 0 Å². The van der Waals surface area contributed by atoms with Crippen molar-refractivity contribution in [3.63, 3.8) is 0 Å². The van der Waals surface area contributed by atoms with Gasteiger partial charge in [0.05, 0.1) is 6.04 Å². The first-order valence-electron chi connectivity index (χ1n) is 8.25. The number of hydrogen-bond acceptors (Lipinski definition) is 4. The van der Waals surface area contributed by atoms with Crippen molar-refractivity contribution in [2.45, 2.75) is 89.6 Å². The monoisotopic (exact) mass is 300 g/mol. The number of aliphatic carboxylic acids is 1. The molecule has 0 fully saturated rings. The second-order valence-corrected chi connectivity index (χ2v) is 5.82. The highest BCUT2D eigenvalue weighted by Crippen LogP contribution is 2.10. The summed E-state index contributed by atoms with van der Waals surface area (Å²) in [6.07, 6.45) is 10.3. The average Bonchev–Trinajstić information content (AvgIpc) is 2.45. The highest BCUT2D eigenvalue weighted by molar-refractivity contribution is 5.83. The van der Waals surface area contributed by atoms with Crippen LogP contribution >= 0.6 is 0 Å². The third-order valence-electron chi connectivity index (χ3n) is 3.79. The first kappa shape index (κ1) is 20.1. The summed E-state index contributed by atoms with van der Waals surface area (Å²) in [5, 5.41) is 8.65. The molecule has 0 aliphatic rings. The largest absolute Gasteiger partial charge is 0.480 e. The third-order valence-corrected chi connectivity index (χ3v) is 3.79. The van der Waals surface area contributed by atoms with Gasteiger partial charge >= 0.3 is 5.97 Å². The first-order valence-corrected chi connectivity index (χ1v) is 8.25. The number of unbranched alkanes of at least 4 members (excludes halogenated alkanes) is 6. The molecule has 1 unspecified atom stereocenters. The molecule has 0 saturated heterocycles. The molecule has 0 aromatic heterocycles. The van der Waals surface area contributed by atoms with E-state index in [1.54, 1.807) is 0 Å². The zero-order valence-electron chi connectivity index (χ0n) is 13.4. The Hall–Kier alpha value is -0.940. The number of rotatable bonds is 14. The van der Waals surface area contributed by atoms with Crippen LogP contribution in [0.25, 0.3) is 0 Å². The van der Waals surface area contributed by atoms with Crippen molar-refractivity contribution in [2.75, 3.05) is 0 Å². The maximum Gasteiger partial charge on any atom is 0.320 e. The van der Waals surface area contributed by atoms with Gasteiger partial charge in [-0.2, -0.15) is 0 Å². The number of nitrogens with two attached hydrogens (primary N) is 2. The van der Waals surface area contributed by atoms with Gasteiger partial charge in [-0.05, 0) is 25.7 Å². The normalized spacial score (nSPS) is 13.9. The van der Waals surface area contributed by atoms with Crippen LogP contribution in [0.4, 0.5) is 0 Å². The first-order chi connectivity index (χ1) is 9.99. The molecule has 0 bridgehead atoms. The Kier molecular flexibility index (Phi) is 12.2. The van der Waals surface area contributed by atoms with Crippen LogP contribution in [-0.2, 0) is 9.59 Å². The highest BCUT2D eigenvalue weighted by atomic mass is 16.4. The maximum absolute atomic E-state index is 11.8. The van der Waals surface area contributed by atoms with E-state index >= 15 is 0 Å². The van der Waals surface area contributed by atoms with Crippen molar-refractivity contribution in [3.8, 4) is 0 Å². The van der Waals surface area contributed by atoms with Crippen LogP contribution in [0.15, 0.2) is 0 Å². The predicted molar refractivity (Wildman–Crippen MR) is 85.1 cm³/mol. The number of carbonyl (C=O) groups is 2. The lowest BCUT2D eigenvalue weighted by Gasteiger charge is -2.11. The molecule has 5 heteroatoms. The van der Waals surface area contributed by atoms with Crippen molar-refractivity contribution >= 4 is 11.8 Å². The van der Waals surface area contributed by atoms with Gasteiger partial charge in [0.2, 0.25) is 0 Å². The second-order valence-electron chi connectivity index (χ2n) is 5.82. The summed E-state index contributed by atoms with van der Waals surface area (Å²) < 4.78 is 0. The van der Waals surface area contributed by atoms with Crippen molar-refractivity contribution in [1.29, 1.82) is 0 Å². The van der Waals surface area contributed by atoms with Gasteiger partial charge in [-0.3, -0.25) is 9.59 Å². The molecule has 0 aromatic carbocycles. The van der Waals surface area contributed by atoms with Gasteiger partial charge in [0, 0.05) is 6.42 Å². The van der Waals surface area contributed by atoms with Crippen molar-refractivity contribution in [2.24, 2.45) is 11.5 Å². The SMILES string of the molecule is CCCCCCCCCC(=O)C(N)CCC[C@H](N)C(=O)O. The zero-order chi connectivity index (χ0) is 16.1. The number of hydrogen-bond donors (Lipinski definition) is 3. The minimum Gasteiger partial charge on any atom is -0.480 e. The second kappa shape index (κ2) is 12.8. The number of Topliss-reactive ketones (excluding diaryl/α,β-unsaturated/α-hetero) is 1. The number of ketones is 1. The van der Waals surface area contributed by atoms with Gasteiger partial charge in [0.1, 0.15) is 11.8 Å². The standard InChI is InChI=1S/C16H32N2O3/c1-2-3-4-5-6-7-8-12-15(19)13(17)10-9-11-14(18)16(20)21/h13-14H,2-12,17-18H2,1H3,(H,20,21)/t13?,14-/m0/s1. The molecule has 124 valence electrons. The van der Waals surface area contributed by atoms with E-state index in [1.165, 1.54) is 32.1 Å². The average molecular weight is 300 g/mol. The van der Waals surface area contributed by atoms with E-state index in [0.717, 1.165) is 12.8 Å². The Balaban J connectivity index is 3.55. The van der Waals surface area contributed by atoms with Gasteiger partial charge in [0.25, 0.3) is 0 Å². The molecule has 5 nitrogen and oxygen atoms in total. The van der Waals surface area contributed by atoms with E-state index < -0.39 is 18.1 Å². The summed E-state index contributed by atoms with van der Waals surface area (Å²) in [4.78, 5) is 22.4. The van der Waals surface area contributed by atoms with Gasteiger partial charge in [-0.25, -0.2) is 0 Å². The molecule has 0 amide bonds. The van der Waals surface area contributed by atoms with Crippen molar-refractivity contribution in [1.82, 2.24) is 0 Å². The molecular formula is C16H32N2O3. The quantitative estimate of drug-likeness (QED) is 0.427. The summed E-state index contributed by atoms with van der Waals surface area (Å²) in [6, 6.07) is -1.32. The Morgan fingerprint density at radius 2 is 1.38 bits per heavy atom. The lowest BCUT2D eigenvalue weighted by molar-refractivity contribution is -0.138. The van der Waals surface area contributed by atoms with E-state index in [1.807, 2.05) is 0 Å². The Morgan fingerprint density at radius 3 is 1.95 bits per heavy atom. The summed E-state index contributed by atoms with van der Waals surface area (Å²) in [5.41, 5.74) is 11.2. The van der Waals surface area contributed by atoms with E-state index in [0.29, 0.717) is 25.7 Å². The minimum absolute atomic E-state index is 0.0902. The maximum atomic E-state index is 11.8. The summed E-state index contributed by atoms with van der Waals surface area (Å²) in [5.74, 6) is -0.912. The summed E-state index contributed by atoms with van der Waals surface area (Å²) in [6.45, 7) is 2.20. The van der Waals surface area contributed by atoms with Crippen LogP contribution in [-0.4, -0.2) is 28.9 Å². The Bertz CT molecular complexity index is 295. The Labute approximate surface area is 128 Å². The van der Waals surface area contributed by atoms with Crippen molar-refractivity contribution in [3.05, 3.63) is 0 Å². The fourth-order valence-electron chi connectivity index (χ4n) is 2.28. The van der Waals surface area contributed by atoms with Crippen LogP contribution < -0.4 is 11.5 Å². The fourth-order valence-corrected chi connectivity index (χ4v) is 2.28. The van der Waals surface area contributed by atoms with Crippen LogP contribution in [0.2, 0.25) is 0 Å².